The molecule has 1 amide bonds. The average molecular weight is 513 g/mol. The fourth-order valence-corrected chi connectivity index (χ4v) is 4.22. The Kier molecular flexibility index (Phi) is 6.88. The Morgan fingerprint density at radius 3 is 2.59 bits per heavy atom. The summed E-state index contributed by atoms with van der Waals surface area (Å²) in [5, 5.41) is 6.95. The van der Waals surface area contributed by atoms with Crippen molar-refractivity contribution >= 4 is 63.1 Å². The first-order valence-corrected chi connectivity index (χ1v) is 11.2. The van der Waals surface area contributed by atoms with Gasteiger partial charge in [0.1, 0.15) is 11.3 Å². The van der Waals surface area contributed by atoms with Gasteiger partial charge < -0.3 is 14.5 Å². The number of rotatable bonds is 4. The molecule has 0 bridgehead atoms. The van der Waals surface area contributed by atoms with E-state index < -0.39 is 11.5 Å². The summed E-state index contributed by atoms with van der Waals surface area (Å²) in [5.41, 5.74) is 2.74. The zero-order chi connectivity index (χ0) is 24.4. The van der Waals surface area contributed by atoms with E-state index in [1.165, 1.54) is 19.2 Å². The molecular formula is C25H18Cl2N2O4S. The van der Waals surface area contributed by atoms with E-state index in [1.54, 1.807) is 24.3 Å². The Morgan fingerprint density at radius 1 is 1.06 bits per heavy atom. The van der Waals surface area contributed by atoms with Crippen LogP contribution in [-0.2, 0) is 0 Å². The van der Waals surface area contributed by atoms with Gasteiger partial charge in [0, 0.05) is 16.1 Å². The van der Waals surface area contributed by atoms with Gasteiger partial charge in [-0.05, 0) is 60.6 Å². The van der Waals surface area contributed by atoms with Crippen LogP contribution in [0.3, 0.4) is 0 Å². The summed E-state index contributed by atoms with van der Waals surface area (Å²) in [6.45, 7) is 1.87. The Bertz CT molecular complexity index is 1500. The molecule has 4 aromatic rings. The molecule has 0 fully saturated rings. The largest absolute Gasteiger partial charge is 0.494 e. The van der Waals surface area contributed by atoms with Crippen LogP contribution in [0.1, 0.15) is 15.9 Å². The van der Waals surface area contributed by atoms with Crippen LogP contribution in [0, 0.1) is 6.92 Å². The highest BCUT2D eigenvalue weighted by Crippen LogP contribution is 2.32. The lowest BCUT2D eigenvalue weighted by Gasteiger charge is -2.15. The summed E-state index contributed by atoms with van der Waals surface area (Å²) in [6.07, 6.45) is 0. The van der Waals surface area contributed by atoms with Crippen molar-refractivity contribution in [3.63, 3.8) is 0 Å². The summed E-state index contributed by atoms with van der Waals surface area (Å²) in [5.74, 6) is -0.352. The molecular weight excluding hydrogens is 495 g/mol. The van der Waals surface area contributed by atoms with Gasteiger partial charge in [-0.2, -0.15) is 0 Å². The van der Waals surface area contributed by atoms with Gasteiger partial charge in [-0.3, -0.25) is 10.1 Å². The monoisotopic (exact) mass is 512 g/mol. The minimum atomic E-state index is -0.539. The highest BCUT2D eigenvalue weighted by molar-refractivity contribution is 7.80. The lowest BCUT2D eigenvalue weighted by Crippen LogP contribution is -2.34. The van der Waals surface area contributed by atoms with Gasteiger partial charge in [0.2, 0.25) is 0 Å². The fraction of sp³-hybridized carbons (Fsp3) is 0.0800. The first kappa shape index (κ1) is 23.8. The van der Waals surface area contributed by atoms with E-state index in [4.69, 9.17) is 44.6 Å². The number of ether oxygens (including phenoxy) is 1. The van der Waals surface area contributed by atoms with Crippen LogP contribution in [0.5, 0.6) is 5.75 Å². The second-order valence-corrected chi connectivity index (χ2v) is 8.64. The van der Waals surface area contributed by atoms with Crippen molar-refractivity contribution in [2.75, 3.05) is 12.4 Å². The van der Waals surface area contributed by atoms with Crippen molar-refractivity contribution in [2.24, 2.45) is 0 Å². The lowest BCUT2D eigenvalue weighted by atomic mass is 10.0. The fourth-order valence-electron chi connectivity index (χ4n) is 3.45. The second kappa shape index (κ2) is 9.85. The first-order chi connectivity index (χ1) is 16.3. The molecule has 0 radical (unpaired) electrons. The number of aryl methyl sites for hydroxylation is 1. The van der Waals surface area contributed by atoms with Crippen molar-refractivity contribution in [2.45, 2.75) is 6.92 Å². The molecule has 1 aromatic heterocycles. The smallest absolute Gasteiger partial charge is 0.344 e. The van der Waals surface area contributed by atoms with Crippen molar-refractivity contribution in [1.29, 1.82) is 0 Å². The Hall–Kier alpha value is -3.39. The number of methoxy groups -OCH3 is 1. The third kappa shape index (κ3) is 4.92. The number of nitrogens with one attached hydrogen (secondary N) is 2. The average Bonchev–Trinajstić information content (AvgIpc) is 2.79. The van der Waals surface area contributed by atoms with Crippen LogP contribution in [0.2, 0.25) is 10.0 Å². The van der Waals surface area contributed by atoms with Crippen LogP contribution in [0.4, 0.5) is 5.69 Å². The molecule has 2 N–H and O–H groups in total. The van der Waals surface area contributed by atoms with Gasteiger partial charge >= 0.3 is 5.63 Å². The molecule has 34 heavy (non-hydrogen) atoms. The Balaban J connectivity index is 1.59. The molecule has 0 aliphatic heterocycles. The van der Waals surface area contributed by atoms with Gasteiger partial charge in [0.05, 0.1) is 23.3 Å². The maximum atomic E-state index is 12.8. The standard InChI is InChI=1S/C25H18Cl2N2O4S/c1-13-7-8-14(17-9-15-5-3-4-6-21(15)33-24(17)31)10-20(13)28-25(34)29-23(30)18-11-16(26)12-19(27)22(18)32-2/h3-12H,1-2H3,(H2,28,29,30,34). The highest BCUT2D eigenvalue weighted by atomic mass is 35.5. The summed E-state index contributed by atoms with van der Waals surface area (Å²) in [4.78, 5) is 25.3. The number of halogens is 2. The normalized spacial score (nSPS) is 10.7. The first-order valence-electron chi connectivity index (χ1n) is 10.1. The van der Waals surface area contributed by atoms with Gasteiger partial charge in [-0.15, -0.1) is 0 Å². The summed E-state index contributed by atoms with van der Waals surface area (Å²) in [6, 6.07) is 17.4. The molecule has 0 saturated carbocycles. The molecule has 0 unspecified atom stereocenters. The maximum absolute atomic E-state index is 12.8. The number of hydrogen-bond donors (Lipinski definition) is 2. The topological polar surface area (TPSA) is 80.6 Å². The summed E-state index contributed by atoms with van der Waals surface area (Å²) in [7, 11) is 1.40. The van der Waals surface area contributed by atoms with Crippen LogP contribution in [0.25, 0.3) is 22.1 Å². The van der Waals surface area contributed by atoms with E-state index in [0.29, 0.717) is 22.4 Å². The number of carbonyl (C=O) groups is 1. The summed E-state index contributed by atoms with van der Waals surface area (Å²) >= 11 is 17.5. The molecule has 0 spiro atoms. The number of benzene rings is 3. The molecule has 0 aliphatic rings. The van der Waals surface area contributed by atoms with E-state index in [2.05, 4.69) is 10.6 Å². The number of fused-ring (bicyclic) bond motifs is 1. The number of carbonyl (C=O) groups excluding carboxylic acids is 1. The summed E-state index contributed by atoms with van der Waals surface area (Å²) < 4.78 is 10.7. The third-order valence-corrected chi connectivity index (χ3v) is 5.83. The molecule has 1 heterocycles. The second-order valence-electron chi connectivity index (χ2n) is 7.39. The van der Waals surface area contributed by atoms with Gasteiger partial charge in [0.25, 0.3) is 5.91 Å². The molecule has 0 saturated heterocycles. The number of anilines is 1. The maximum Gasteiger partial charge on any atom is 0.344 e. The van der Waals surface area contributed by atoms with Crippen LogP contribution in [-0.4, -0.2) is 18.1 Å². The molecule has 6 nitrogen and oxygen atoms in total. The molecule has 172 valence electrons. The van der Waals surface area contributed by atoms with E-state index >= 15 is 0 Å². The van der Waals surface area contributed by atoms with E-state index in [0.717, 1.165) is 10.9 Å². The molecule has 0 aliphatic carbocycles. The van der Waals surface area contributed by atoms with Gasteiger partial charge in [-0.25, -0.2) is 4.79 Å². The van der Waals surface area contributed by atoms with Gasteiger partial charge in [0.15, 0.2) is 5.11 Å². The lowest BCUT2D eigenvalue weighted by molar-refractivity contribution is 0.0974. The van der Waals surface area contributed by atoms with Crippen molar-refractivity contribution in [3.05, 3.63) is 92.3 Å². The number of thiocarbonyl (C=S) groups is 1. The highest BCUT2D eigenvalue weighted by Gasteiger charge is 2.18. The molecule has 4 rings (SSSR count). The minimum Gasteiger partial charge on any atom is -0.494 e. The van der Waals surface area contributed by atoms with Crippen LogP contribution in [0.15, 0.2) is 69.9 Å². The minimum absolute atomic E-state index is 0.0500. The zero-order valence-corrected chi connectivity index (χ0v) is 20.4. The molecule has 0 atom stereocenters. The molecule has 9 heteroatoms. The Morgan fingerprint density at radius 2 is 1.82 bits per heavy atom. The van der Waals surface area contributed by atoms with E-state index in [-0.39, 0.29) is 26.5 Å². The number of amides is 1. The predicted octanol–water partition coefficient (Wildman–Crippen LogP) is 6.21. The Labute approximate surface area is 210 Å². The quantitative estimate of drug-likeness (QED) is 0.250. The van der Waals surface area contributed by atoms with Crippen LogP contribution >= 0.6 is 35.4 Å². The van der Waals surface area contributed by atoms with Crippen LogP contribution < -0.4 is 21.0 Å². The zero-order valence-electron chi connectivity index (χ0n) is 18.1. The molecule has 3 aromatic carbocycles. The van der Waals surface area contributed by atoms with E-state index in [9.17, 15) is 9.59 Å². The van der Waals surface area contributed by atoms with Crippen molar-refractivity contribution in [1.82, 2.24) is 5.32 Å². The van der Waals surface area contributed by atoms with Gasteiger partial charge in [-0.1, -0.05) is 53.5 Å². The number of para-hydroxylation sites is 1. The van der Waals surface area contributed by atoms with Crippen molar-refractivity contribution < 1.29 is 13.9 Å². The SMILES string of the molecule is COc1c(Cl)cc(Cl)cc1C(=O)NC(=S)Nc1cc(-c2cc3ccccc3oc2=O)ccc1C. The predicted molar refractivity (Wildman–Crippen MR) is 139 cm³/mol. The van der Waals surface area contributed by atoms with E-state index in [1.807, 2.05) is 31.2 Å². The van der Waals surface area contributed by atoms with Crippen molar-refractivity contribution in [3.8, 4) is 16.9 Å². The third-order valence-electron chi connectivity index (χ3n) is 5.12. The number of hydrogen-bond acceptors (Lipinski definition) is 5.